The molecule has 1 N–H and O–H groups in total. The molecule has 2 aromatic rings. The fraction of sp³-hybridized carbons (Fsp3) is 0.400. The highest BCUT2D eigenvalue weighted by Crippen LogP contribution is 2.18. The minimum atomic E-state index is 0.783. The molecule has 0 atom stereocenters. The van der Waals surface area contributed by atoms with Crippen molar-refractivity contribution in [2.45, 2.75) is 26.4 Å². The Morgan fingerprint density at radius 1 is 1.32 bits per heavy atom. The van der Waals surface area contributed by atoms with E-state index in [0.717, 1.165) is 43.1 Å². The molecule has 102 valence electrons. The number of nitrogens with one attached hydrogen (secondary N) is 1. The first-order valence-electron chi connectivity index (χ1n) is 6.66. The molecule has 2 rings (SSSR count). The van der Waals surface area contributed by atoms with E-state index >= 15 is 0 Å². The Bertz CT molecular complexity index is 508. The van der Waals surface area contributed by atoms with Crippen LogP contribution < -0.4 is 10.1 Å². The number of aromatic nitrogens is 2. The molecule has 0 spiro atoms. The Hall–Kier alpha value is -1.81. The Labute approximate surface area is 114 Å². The summed E-state index contributed by atoms with van der Waals surface area (Å²) in [4.78, 5) is 4.40. The highest BCUT2D eigenvalue weighted by Gasteiger charge is 2.04. The molecule has 0 unspecified atom stereocenters. The molecule has 0 saturated heterocycles. The third-order valence-electron chi connectivity index (χ3n) is 2.97. The predicted molar refractivity (Wildman–Crippen MR) is 76.3 cm³/mol. The summed E-state index contributed by atoms with van der Waals surface area (Å²) in [6.45, 7) is 4.80. The second-order valence-corrected chi connectivity index (χ2v) is 4.53. The molecule has 0 bridgehead atoms. The van der Waals surface area contributed by atoms with Gasteiger partial charge in [-0.15, -0.1) is 0 Å². The van der Waals surface area contributed by atoms with E-state index in [1.54, 1.807) is 7.11 Å². The molecule has 0 aliphatic rings. The average Bonchev–Trinajstić information content (AvgIpc) is 2.87. The molecule has 0 aliphatic heterocycles. The minimum Gasteiger partial charge on any atom is -0.496 e. The summed E-state index contributed by atoms with van der Waals surface area (Å²) in [5, 5.41) is 3.35. The van der Waals surface area contributed by atoms with Crippen LogP contribution in [0.4, 0.5) is 0 Å². The molecule has 0 fully saturated rings. The number of para-hydroxylation sites is 1. The van der Waals surface area contributed by atoms with E-state index in [1.807, 2.05) is 24.5 Å². The summed E-state index contributed by atoms with van der Waals surface area (Å²) in [6, 6.07) is 8.07. The zero-order valence-electron chi connectivity index (χ0n) is 11.6. The van der Waals surface area contributed by atoms with Crippen LogP contribution in [0.1, 0.15) is 24.6 Å². The second kappa shape index (κ2) is 6.95. The average molecular weight is 259 g/mol. The number of ether oxygens (including phenoxy) is 1. The lowest BCUT2D eigenvalue weighted by atomic mass is 10.2. The van der Waals surface area contributed by atoms with Crippen molar-refractivity contribution < 1.29 is 4.74 Å². The quantitative estimate of drug-likeness (QED) is 0.776. The number of nitrogens with zero attached hydrogens (tertiary/aromatic N) is 2. The van der Waals surface area contributed by atoms with Gasteiger partial charge in [-0.1, -0.05) is 25.1 Å². The zero-order valence-corrected chi connectivity index (χ0v) is 11.6. The van der Waals surface area contributed by atoms with Gasteiger partial charge in [0, 0.05) is 18.3 Å². The van der Waals surface area contributed by atoms with Crippen molar-refractivity contribution in [3.8, 4) is 5.75 Å². The van der Waals surface area contributed by atoms with Gasteiger partial charge in [0.2, 0.25) is 0 Å². The fourth-order valence-electron chi connectivity index (χ4n) is 2.01. The zero-order chi connectivity index (χ0) is 13.5. The number of benzene rings is 1. The van der Waals surface area contributed by atoms with Crippen molar-refractivity contribution in [2.24, 2.45) is 0 Å². The molecule has 4 heteroatoms. The van der Waals surface area contributed by atoms with Gasteiger partial charge in [0.1, 0.15) is 5.75 Å². The predicted octanol–water partition coefficient (Wildman–Crippen LogP) is 2.44. The SMILES string of the molecule is CCCNCc1cn(Cc2ccccc2OC)cn1. The summed E-state index contributed by atoms with van der Waals surface area (Å²) < 4.78 is 7.44. The van der Waals surface area contributed by atoms with Gasteiger partial charge < -0.3 is 14.6 Å². The first-order chi connectivity index (χ1) is 9.33. The number of imidazole rings is 1. The maximum Gasteiger partial charge on any atom is 0.123 e. The van der Waals surface area contributed by atoms with Gasteiger partial charge >= 0.3 is 0 Å². The number of rotatable bonds is 7. The van der Waals surface area contributed by atoms with E-state index in [4.69, 9.17) is 4.74 Å². The van der Waals surface area contributed by atoms with Crippen LogP contribution in [-0.4, -0.2) is 23.2 Å². The Kier molecular flexibility index (Phi) is 4.98. The van der Waals surface area contributed by atoms with Crippen LogP contribution in [0.5, 0.6) is 5.75 Å². The van der Waals surface area contributed by atoms with Crippen molar-refractivity contribution in [3.63, 3.8) is 0 Å². The van der Waals surface area contributed by atoms with Crippen LogP contribution in [0.2, 0.25) is 0 Å². The van der Waals surface area contributed by atoms with Gasteiger partial charge in [-0.2, -0.15) is 0 Å². The molecule has 0 amide bonds. The van der Waals surface area contributed by atoms with E-state index < -0.39 is 0 Å². The molecule has 0 radical (unpaired) electrons. The first kappa shape index (κ1) is 13.6. The number of hydrogen-bond donors (Lipinski definition) is 1. The monoisotopic (exact) mass is 259 g/mol. The second-order valence-electron chi connectivity index (χ2n) is 4.53. The summed E-state index contributed by atoms with van der Waals surface area (Å²) >= 11 is 0. The van der Waals surface area contributed by atoms with Gasteiger partial charge in [0.25, 0.3) is 0 Å². The molecule has 1 aromatic heterocycles. The van der Waals surface area contributed by atoms with Crippen molar-refractivity contribution >= 4 is 0 Å². The van der Waals surface area contributed by atoms with E-state index in [0.29, 0.717) is 0 Å². The highest BCUT2D eigenvalue weighted by atomic mass is 16.5. The Morgan fingerprint density at radius 2 is 2.16 bits per heavy atom. The van der Waals surface area contributed by atoms with Crippen LogP contribution in [0.3, 0.4) is 0 Å². The first-order valence-corrected chi connectivity index (χ1v) is 6.66. The van der Waals surface area contributed by atoms with Crippen LogP contribution in [-0.2, 0) is 13.1 Å². The third kappa shape index (κ3) is 3.83. The highest BCUT2D eigenvalue weighted by molar-refractivity contribution is 5.33. The third-order valence-corrected chi connectivity index (χ3v) is 2.97. The van der Waals surface area contributed by atoms with Crippen molar-refractivity contribution in [1.29, 1.82) is 0 Å². The van der Waals surface area contributed by atoms with Crippen molar-refractivity contribution in [3.05, 3.63) is 48.0 Å². The Balaban J connectivity index is 1.99. The molecule has 19 heavy (non-hydrogen) atoms. The van der Waals surface area contributed by atoms with Crippen LogP contribution in [0.25, 0.3) is 0 Å². The summed E-state index contributed by atoms with van der Waals surface area (Å²) in [6.07, 6.45) is 5.09. The lowest BCUT2D eigenvalue weighted by Gasteiger charge is -2.08. The molecular formula is C15H21N3O. The summed E-state index contributed by atoms with van der Waals surface area (Å²) in [7, 11) is 1.70. The molecule has 0 aliphatic carbocycles. The number of methoxy groups -OCH3 is 1. The van der Waals surface area contributed by atoms with Gasteiger partial charge in [-0.05, 0) is 19.0 Å². The summed E-state index contributed by atoms with van der Waals surface area (Å²) in [5.74, 6) is 0.918. The van der Waals surface area contributed by atoms with E-state index in [2.05, 4.69) is 34.1 Å². The number of hydrogen-bond acceptors (Lipinski definition) is 3. The van der Waals surface area contributed by atoms with Crippen LogP contribution >= 0.6 is 0 Å². The van der Waals surface area contributed by atoms with Gasteiger partial charge in [-0.3, -0.25) is 0 Å². The molecule has 1 aromatic carbocycles. The maximum absolute atomic E-state index is 5.36. The molecule has 4 nitrogen and oxygen atoms in total. The van der Waals surface area contributed by atoms with Gasteiger partial charge in [-0.25, -0.2) is 4.98 Å². The van der Waals surface area contributed by atoms with Gasteiger partial charge in [0.15, 0.2) is 0 Å². The van der Waals surface area contributed by atoms with E-state index in [9.17, 15) is 0 Å². The van der Waals surface area contributed by atoms with Crippen molar-refractivity contribution in [1.82, 2.24) is 14.9 Å². The smallest absolute Gasteiger partial charge is 0.123 e. The maximum atomic E-state index is 5.36. The van der Waals surface area contributed by atoms with Crippen LogP contribution in [0.15, 0.2) is 36.8 Å². The standard InChI is InChI=1S/C15H21N3O/c1-3-8-16-9-14-11-18(12-17-14)10-13-6-4-5-7-15(13)19-2/h4-7,11-12,16H,3,8-10H2,1-2H3. The minimum absolute atomic E-state index is 0.783. The van der Waals surface area contributed by atoms with Crippen LogP contribution in [0, 0.1) is 0 Å². The molecule has 0 saturated carbocycles. The molecular weight excluding hydrogens is 238 g/mol. The molecule has 1 heterocycles. The summed E-state index contributed by atoms with van der Waals surface area (Å²) in [5.41, 5.74) is 2.24. The van der Waals surface area contributed by atoms with Gasteiger partial charge in [0.05, 0.1) is 25.7 Å². The van der Waals surface area contributed by atoms with Crippen molar-refractivity contribution in [2.75, 3.05) is 13.7 Å². The fourth-order valence-corrected chi connectivity index (χ4v) is 2.01. The topological polar surface area (TPSA) is 39.1 Å². The normalized spacial score (nSPS) is 10.6. The van der Waals surface area contributed by atoms with E-state index in [1.165, 1.54) is 0 Å². The Morgan fingerprint density at radius 3 is 2.95 bits per heavy atom. The largest absolute Gasteiger partial charge is 0.496 e. The van der Waals surface area contributed by atoms with E-state index in [-0.39, 0.29) is 0 Å². The lowest BCUT2D eigenvalue weighted by Crippen LogP contribution is -2.13. The lowest BCUT2D eigenvalue weighted by molar-refractivity contribution is 0.408.